The number of benzene rings is 1. The molecule has 3 heterocycles. The van der Waals surface area contributed by atoms with Gasteiger partial charge in [-0.3, -0.25) is 4.79 Å². The molecule has 0 aliphatic carbocycles. The van der Waals surface area contributed by atoms with E-state index in [2.05, 4.69) is 9.97 Å². The minimum absolute atomic E-state index is 0.0398. The molecule has 8 heteroatoms. The van der Waals surface area contributed by atoms with Crippen molar-refractivity contribution in [3.8, 4) is 17.4 Å². The van der Waals surface area contributed by atoms with Crippen molar-refractivity contribution >= 4 is 5.91 Å². The van der Waals surface area contributed by atoms with E-state index < -0.39 is 0 Å². The summed E-state index contributed by atoms with van der Waals surface area (Å²) in [6, 6.07) is 11.2. The first-order chi connectivity index (χ1) is 15.2. The number of amides is 1. The number of hydrogen-bond donors (Lipinski definition) is 0. The second-order valence-electron chi connectivity index (χ2n) is 7.21. The van der Waals surface area contributed by atoms with E-state index in [1.165, 1.54) is 0 Å². The van der Waals surface area contributed by atoms with Gasteiger partial charge in [-0.2, -0.15) is 0 Å². The molecule has 1 aliphatic heterocycles. The zero-order valence-electron chi connectivity index (χ0n) is 17.6. The van der Waals surface area contributed by atoms with E-state index in [1.54, 1.807) is 17.3 Å². The summed E-state index contributed by atoms with van der Waals surface area (Å²) in [5.74, 6) is 2.60. The van der Waals surface area contributed by atoms with Gasteiger partial charge in [0.05, 0.1) is 19.8 Å². The van der Waals surface area contributed by atoms with Crippen LogP contribution in [0.1, 0.15) is 17.8 Å². The highest BCUT2D eigenvalue weighted by Crippen LogP contribution is 2.32. The van der Waals surface area contributed by atoms with Crippen LogP contribution in [-0.4, -0.2) is 51.7 Å². The molecule has 0 unspecified atom stereocenters. The number of fused-ring (bicyclic) bond motifs is 2. The van der Waals surface area contributed by atoms with Gasteiger partial charge in [0.2, 0.25) is 11.8 Å². The fraction of sp³-hybridized carbons (Fsp3) is 0.348. The fourth-order valence-corrected chi connectivity index (χ4v) is 3.39. The average molecular weight is 422 g/mol. The molecule has 0 bridgehead atoms. The first-order valence-corrected chi connectivity index (χ1v) is 10.4. The summed E-state index contributed by atoms with van der Waals surface area (Å²) in [4.78, 5) is 23.5. The second-order valence-corrected chi connectivity index (χ2v) is 7.21. The summed E-state index contributed by atoms with van der Waals surface area (Å²) in [6.07, 6.45) is 5.68. The number of imidazole rings is 1. The molecule has 2 aromatic heterocycles. The van der Waals surface area contributed by atoms with E-state index >= 15 is 0 Å². The summed E-state index contributed by atoms with van der Waals surface area (Å²) in [5, 5.41) is 0. The van der Waals surface area contributed by atoms with Gasteiger partial charge < -0.3 is 23.7 Å². The van der Waals surface area contributed by atoms with Crippen LogP contribution in [0.5, 0.6) is 17.4 Å². The normalized spacial score (nSPS) is 14.7. The highest BCUT2D eigenvalue weighted by molar-refractivity contribution is 5.76. The third kappa shape index (κ3) is 5.40. The van der Waals surface area contributed by atoms with Crippen LogP contribution in [0.25, 0.3) is 0 Å². The van der Waals surface area contributed by atoms with Gasteiger partial charge in [-0.15, -0.1) is 0 Å². The quantitative estimate of drug-likeness (QED) is 0.645. The molecule has 1 aromatic carbocycles. The first-order valence-electron chi connectivity index (χ1n) is 10.4. The maximum atomic E-state index is 13.0. The van der Waals surface area contributed by atoms with Gasteiger partial charge >= 0.3 is 0 Å². The number of rotatable bonds is 3. The molecule has 0 radical (unpaired) electrons. The Balaban J connectivity index is 1.55. The molecular formula is C23H26N4O4. The van der Waals surface area contributed by atoms with Crippen molar-refractivity contribution in [1.29, 1.82) is 0 Å². The SMILES string of the molecule is Cc1nccn1CCC(=O)N1CCOCCOc2ccccc2Oc2ncccc2C1. The van der Waals surface area contributed by atoms with Gasteiger partial charge in [0, 0.05) is 43.7 Å². The Labute approximate surface area is 181 Å². The number of ether oxygens (including phenoxy) is 3. The van der Waals surface area contributed by atoms with Crippen molar-refractivity contribution in [1.82, 2.24) is 19.4 Å². The molecule has 0 fully saturated rings. The predicted octanol–water partition coefficient (Wildman–Crippen LogP) is 3.21. The lowest BCUT2D eigenvalue weighted by atomic mass is 10.2. The van der Waals surface area contributed by atoms with Gasteiger partial charge in [0.15, 0.2) is 11.5 Å². The van der Waals surface area contributed by atoms with E-state index in [1.807, 2.05) is 54.1 Å². The summed E-state index contributed by atoms with van der Waals surface area (Å²) in [7, 11) is 0. The van der Waals surface area contributed by atoms with Gasteiger partial charge in [-0.25, -0.2) is 9.97 Å². The monoisotopic (exact) mass is 422 g/mol. The largest absolute Gasteiger partial charge is 0.487 e. The molecule has 8 nitrogen and oxygen atoms in total. The Kier molecular flexibility index (Phi) is 6.78. The third-order valence-electron chi connectivity index (χ3n) is 5.10. The Hall–Kier alpha value is -3.39. The molecule has 162 valence electrons. The minimum atomic E-state index is 0.0398. The van der Waals surface area contributed by atoms with Crippen molar-refractivity contribution < 1.29 is 19.0 Å². The molecule has 31 heavy (non-hydrogen) atoms. The van der Waals surface area contributed by atoms with Gasteiger partial charge in [0.25, 0.3) is 0 Å². The Bertz CT molecular complexity index is 1020. The van der Waals surface area contributed by atoms with Crippen molar-refractivity contribution in [2.24, 2.45) is 0 Å². The number of aryl methyl sites for hydroxylation is 2. The van der Waals surface area contributed by atoms with Crippen molar-refractivity contribution in [3.63, 3.8) is 0 Å². The second kappa shape index (κ2) is 10.1. The van der Waals surface area contributed by atoms with Crippen LogP contribution in [0.3, 0.4) is 0 Å². The molecule has 4 rings (SSSR count). The fourth-order valence-electron chi connectivity index (χ4n) is 3.39. The van der Waals surface area contributed by atoms with E-state index in [4.69, 9.17) is 14.2 Å². The summed E-state index contributed by atoms with van der Waals surface area (Å²) < 4.78 is 19.6. The maximum absolute atomic E-state index is 13.0. The van der Waals surface area contributed by atoms with Gasteiger partial charge in [0.1, 0.15) is 12.4 Å². The summed E-state index contributed by atoms with van der Waals surface area (Å²) in [6.45, 7) is 4.62. The zero-order chi connectivity index (χ0) is 21.5. The van der Waals surface area contributed by atoms with E-state index in [9.17, 15) is 4.79 Å². The first kappa shape index (κ1) is 20.9. The molecule has 0 N–H and O–H groups in total. The van der Waals surface area contributed by atoms with Crippen molar-refractivity contribution in [3.05, 3.63) is 66.4 Å². The molecule has 0 saturated carbocycles. The van der Waals surface area contributed by atoms with Crippen molar-refractivity contribution in [2.75, 3.05) is 26.4 Å². The number of aromatic nitrogens is 3. The van der Waals surface area contributed by atoms with Crippen LogP contribution < -0.4 is 9.47 Å². The molecule has 1 aliphatic rings. The molecule has 0 saturated heterocycles. The van der Waals surface area contributed by atoms with Crippen LogP contribution in [0, 0.1) is 6.92 Å². The van der Waals surface area contributed by atoms with Gasteiger partial charge in [-0.05, 0) is 25.1 Å². The van der Waals surface area contributed by atoms with Crippen LogP contribution in [0.4, 0.5) is 0 Å². The lowest BCUT2D eigenvalue weighted by Gasteiger charge is -2.23. The molecular weight excluding hydrogens is 396 g/mol. The Morgan fingerprint density at radius 1 is 1.03 bits per heavy atom. The smallest absolute Gasteiger partial charge is 0.224 e. The summed E-state index contributed by atoms with van der Waals surface area (Å²) >= 11 is 0. The average Bonchev–Trinajstić information content (AvgIpc) is 3.20. The molecule has 3 aromatic rings. The molecule has 1 amide bonds. The number of carbonyl (C=O) groups excluding carboxylic acids is 1. The number of para-hydroxylation sites is 2. The Morgan fingerprint density at radius 2 is 1.90 bits per heavy atom. The van der Waals surface area contributed by atoms with E-state index in [0.29, 0.717) is 63.3 Å². The Morgan fingerprint density at radius 3 is 2.74 bits per heavy atom. The molecule has 0 atom stereocenters. The summed E-state index contributed by atoms with van der Waals surface area (Å²) in [5.41, 5.74) is 0.823. The lowest BCUT2D eigenvalue weighted by Crippen LogP contribution is -2.34. The molecule has 0 spiro atoms. The lowest BCUT2D eigenvalue weighted by molar-refractivity contribution is -0.132. The van der Waals surface area contributed by atoms with E-state index in [0.717, 1.165) is 11.4 Å². The number of carbonyl (C=O) groups is 1. The van der Waals surface area contributed by atoms with Crippen LogP contribution in [0.2, 0.25) is 0 Å². The highest BCUT2D eigenvalue weighted by atomic mass is 16.5. The predicted molar refractivity (Wildman–Crippen MR) is 114 cm³/mol. The van der Waals surface area contributed by atoms with Crippen LogP contribution in [-0.2, 0) is 22.6 Å². The number of pyridine rings is 1. The highest BCUT2D eigenvalue weighted by Gasteiger charge is 2.19. The third-order valence-corrected chi connectivity index (χ3v) is 5.10. The number of nitrogens with zero attached hydrogens (tertiary/aromatic N) is 4. The van der Waals surface area contributed by atoms with Crippen LogP contribution >= 0.6 is 0 Å². The van der Waals surface area contributed by atoms with Crippen molar-refractivity contribution in [2.45, 2.75) is 26.4 Å². The number of hydrogen-bond acceptors (Lipinski definition) is 6. The minimum Gasteiger partial charge on any atom is -0.487 e. The van der Waals surface area contributed by atoms with E-state index in [-0.39, 0.29) is 5.91 Å². The topological polar surface area (TPSA) is 78.7 Å². The zero-order valence-corrected chi connectivity index (χ0v) is 17.6. The maximum Gasteiger partial charge on any atom is 0.224 e. The van der Waals surface area contributed by atoms with Crippen LogP contribution in [0.15, 0.2) is 55.0 Å². The van der Waals surface area contributed by atoms with Gasteiger partial charge in [-0.1, -0.05) is 18.2 Å². The standard InChI is InChI=1S/C23H26N4O4/c1-18-24-10-12-26(18)11-8-22(28)27-13-14-29-15-16-30-20-6-2-3-7-21(20)31-23-19(17-27)5-4-9-25-23/h2-7,9-10,12H,8,11,13-17H2,1H3.